The summed E-state index contributed by atoms with van der Waals surface area (Å²) in [6.45, 7) is 2.14. The van der Waals surface area contributed by atoms with Crippen LogP contribution in [0.25, 0.3) is 10.9 Å². The van der Waals surface area contributed by atoms with Gasteiger partial charge >= 0.3 is 0 Å². The highest BCUT2D eigenvalue weighted by Crippen LogP contribution is 2.16. The van der Waals surface area contributed by atoms with Crippen molar-refractivity contribution in [3.63, 3.8) is 0 Å². The molecule has 1 aliphatic heterocycles. The average molecular weight is 367 g/mol. The van der Waals surface area contributed by atoms with Crippen LogP contribution in [0, 0.1) is 17.2 Å². The Labute approximate surface area is 156 Å². The number of nitriles is 1. The van der Waals surface area contributed by atoms with E-state index in [-0.39, 0.29) is 18.2 Å². The highest BCUT2D eigenvalue weighted by molar-refractivity contribution is 6.00. The van der Waals surface area contributed by atoms with Crippen molar-refractivity contribution < 1.29 is 14.4 Å². The first kappa shape index (κ1) is 18.5. The number of hydrogen-bond donors (Lipinski definition) is 4. The van der Waals surface area contributed by atoms with E-state index in [1.807, 2.05) is 30.3 Å². The maximum Gasteiger partial charge on any atom is 0.268 e. The number of H-pyrrole nitrogens is 1. The summed E-state index contributed by atoms with van der Waals surface area (Å²) in [6, 6.07) is 9.60. The molecule has 1 saturated heterocycles. The van der Waals surface area contributed by atoms with Crippen molar-refractivity contribution in [2.75, 3.05) is 6.54 Å². The molecule has 27 heavy (non-hydrogen) atoms. The van der Waals surface area contributed by atoms with Crippen molar-refractivity contribution in [3.8, 4) is 6.07 Å². The van der Waals surface area contributed by atoms with E-state index in [0.717, 1.165) is 10.9 Å². The van der Waals surface area contributed by atoms with E-state index >= 15 is 0 Å². The molecule has 1 aromatic heterocycles. The molecule has 1 unspecified atom stereocenters. The van der Waals surface area contributed by atoms with Gasteiger partial charge in [0.2, 0.25) is 11.8 Å². The van der Waals surface area contributed by atoms with Gasteiger partial charge in [0.1, 0.15) is 17.8 Å². The molecule has 1 aromatic carbocycles. The lowest BCUT2D eigenvalue weighted by Crippen LogP contribution is -2.48. The third-order valence-electron chi connectivity index (χ3n) is 4.67. The molecule has 3 amide bonds. The maximum atomic E-state index is 12.4. The normalized spacial score (nSPS) is 18.4. The van der Waals surface area contributed by atoms with Gasteiger partial charge in [-0.05, 0) is 31.9 Å². The minimum atomic E-state index is -0.822. The van der Waals surface area contributed by atoms with Gasteiger partial charge in [0, 0.05) is 23.4 Å². The Morgan fingerprint density at radius 1 is 1.33 bits per heavy atom. The van der Waals surface area contributed by atoms with Crippen LogP contribution in [-0.4, -0.2) is 41.3 Å². The summed E-state index contributed by atoms with van der Waals surface area (Å²) in [4.78, 5) is 39.3. The summed E-state index contributed by atoms with van der Waals surface area (Å²) in [6.07, 6.45) is 0.913. The minimum absolute atomic E-state index is 0.0929. The zero-order valence-electron chi connectivity index (χ0n) is 14.9. The average Bonchev–Trinajstić information content (AvgIpc) is 3.27. The van der Waals surface area contributed by atoms with E-state index in [2.05, 4.69) is 20.9 Å². The zero-order chi connectivity index (χ0) is 19.4. The molecule has 2 aromatic rings. The second-order valence-electron chi connectivity index (χ2n) is 6.67. The SMILES string of the molecule is CC(NC(=O)c1cc2ccccc2[nH]1)C(=O)N[C@H](C#N)C[C@@H]1CCNC1=O. The fourth-order valence-corrected chi connectivity index (χ4v) is 3.13. The van der Waals surface area contributed by atoms with E-state index in [1.54, 1.807) is 13.0 Å². The number of nitrogens with one attached hydrogen (secondary N) is 4. The predicted molar refractivity (Wildman–Crippen MR) is 98.5 cm³/mol. The van der Waals surface area contributed by atoms with E-state index in [0.29, 0.717) is 18.7 Å². The molecule has 3 rings (SSSR count). The summed E-state index contributed by atoms with van der Waals surface area (Å²) in [5, 5.41) is 18.1. The van der Waals surface area contributed by atoms with Crippen LogP contribution in [0.2, 0.25) is 0 Å². The molecule has 4 N–H and O–H groups in total. The van der Waals surface area contributed by atoms with Gasteiger partial charge < -0.3 is 20.9 Å². The van der Waals surface area contributed by atoms with Crippen LogP contribution in [0.1, 0.15) is 30.3 Å². The van der Waals surface area contributed by atoms with Gasteiger partial charge in [0.15, 0.2) is 0 Å². The highest BCUT2D eigenvalue weighted by Gasteiger charge is 2.29. The van der Waals surface area contributed by atoms with Crippen molar-refractivity contribution >= 4 is 28.6 Å². The lowest BCUT2D eigenvalue weighted by molar-refractivity contribution is -0.125. The van der Waals surface area contributed by atoms with Crippen LogP contribution in [0.15, 0.2) is 30.3 Å². The van der Waals surface area contributed by atoms with Crippen molar-refractivity contribution in [1.82, 2.24) is 20.9 Å². The van der Waals surface area contributed by atoms with Gasteiger partial charge in [0.05, 0.1) is 6.07 Å². The van der Waals surface area contributed by atoms with Crippen molar-refractivity contribution in [1.29, 1.82) is 5.26 Å². The van der Waals surface area contributed by atoms with E-state index in [1.165, 1.54) is 0 Å². The molecule has 0 spiro atoms. The minimum Gasteiger partial charge on any atom is -0.356 e. The summed E-state index contributed by atoms with van der Waals surface area (Å²) in [5.74, 6) is -1.24. The van der Waals surface area contributed by atoms with E-state index < -0.39 is 23.9 Å². The van der Waals surface area contributed by atoms with E-state index in [4.69, 9.17) is 0 Å². The first-order chi connectivity index (χ1) is 13.0. The number of benzene rings is 1. The standard InChI is InChI=1S/C19H21N5O3/c1-11(17(25)23-14(10-20)8-13-6-7-21-18(13)26)22-19(27)16-9-12-4-2-3-5-15(12)24-16/h2-5,9,11,13-14,24H,6-8H2,1H3,(H,21,26)(H,22,27)(H,23,25)/t11?,13-,14-/m0/s1. The third kappa shape index (κ3) is 4.26. The molecular formula is C19H21N5O3. The van der Waals surface area contributed by atoms with Crippen LogP contribution in [0.4, 0.5) is 0 Å². The Morgan fingerprint density at radius 2 is 2.11 bits per heavy atom. The van der Waals surface area contributed by atoms with Gasteiger partial charge in [-0.3, -0.25) is 14.4 Å². The molecule has 0 radical (unpaired) electrons. The fourth-order valence-electron chi connectivity index (χ4n) is 3.13. The fraction of sp³-hybridized carbons (Fsp3) is 0.368. The molecular weight excluding hydrogens is 346 g/mol. The Balaban J connectivity index is 1.56. The second kappa shape index (κ2) is 7.91. The Bertz CT molecular complexity index is 880. The predicted octanol–water partition coefficient (Wildman–Crippen LogP) is 0.821. The van der Waals surface area contributed by atoms with Crippen LogP contribution in [0.3, 0.4) is 0 Å². The largest absolute Gasteiger partial charge is 0.356 e. The molecule has 0 aliphatic carbocycles. The second-order valence-corrected chi connectivity index (χ2v) is 6.67. The van der Waals surface area contributed by atoms with Gasteiger partial charge in [-0.15, -0.1) is 0 Å². The number of carbonyl (C=O) groups is 3. The number of aromatic amines is 1. The van der Waals surface area contributed by atoms with Crippen molar-refractivity contribution in [3.05, 3.63) is 36.0 Å². The quantitative estimate of drug-likeness (QED) is 0.603. The monoisotopic (exact) mass is 367 g/mol. The number of carbonyl (C=O) groups excluding carboxylic acids is 3. The molecule has 0 saturated carbocycles. The van der Waals surface area contributed by atoms with E-state index in [9.17, 15) is 19.6 Å². The Kier molecular flexibility index (Phi) is 5.41. The van der Waals surface area contributed by atoms with Gasteiger partial charge in [0.25, 0.3) is 5.91 Å². The van der Waals surface area contributed by atoms with Crippen molar-refractivity contribution in [2.45, 2.75) is 31.8 Å². The molecule has 1 fully saturated rings. The van der Waals surface area contributed by atoms with Gasteiger partial charge in [-0.1, -0.05) is 18.2 Å². The van der Waals surface area contributed by atoms with Crippen molar-refractivity contribution in [2.24, 2.45) is 5.92 Å². The van der Waals surface area contributed by atoms with Crippen LogP contribution < -0.4 is 16.0 Å². The summed E-state index contributed by atoms with van der Waals surface area (Å²) in [5.41, 5.74) is 1.19. The summed E-state index contributed by atoms with van der Waals surface area (Å²) in [7, 11) is 0. The zero-order valence-corrected chi connectivity index (χ0v) is 14.9. The number of rotatable bonds is 6. The number of amides is 3. The van der Waals surface area contributed by atoms with Crippen LogP contribution in [0.5, 0.6) is 0 Å². The molecule has 3 atom stereocenters. The molecule has 2 heterocycles. The first-order valence-corrected chi connectivity index (χ1v) is 8.84. The molecule has 1 aliphatic rings. The lowest BCUT2D eigenvalue weighted by Gasteiger charge is -2.18. The van der Waals surface area contributed by atoms with Crippen LogP contribution >= 0.6 is 0 Å². The molecule has 8 nitrogen and oxygen atoms in total. The number of aromatic nitrogens is 1. The summed E-state index contributed by atoms with van der Waals surface area (Å²) < 4.78 is 0. The number of hydrogen-bond acceptors (Lipinski definition) is 4. The molecule has 140 valence electrons. The Morgan fingerprint density at radius 3 is 2.78 bits per heavy atom. The lowest BCUT2D eigenvalue weighted by atomic mass is 9.99. The maximum absolute atomic E-state index is 12.4. The Hall–Kier alpha value is -3.34. The first-order valence-electron chi connectivity index (χ1n) is 8.84. The molecule has 8 heteroatoms. The highest BCUT2D eigenvalue weighted by atomic mass is 16.2. The third-order valence-corrected chi connectivity index (χ3v) is 4.67. The molecule has 0 bridgehead atoms. The number of nitrogens with zero attached hydrogens (tertiary/aromatic N) is 1. The number of fused-ring (bicyclic) bond motifs is 1. The summed E-state index contributed by atoms with van der Waals surface area (Å²) >= 11 is 0. The van der Waals surface area contributed by atoms with Gasteiger partial charge in [-0.2, -0.15) is 5.26 Å². The smallest absolute Gasteiger partial charge is 0.268 e. The topological polar surface area (TPSA) is 127 Å². The number of para-hydroxylation sites is 1. The van der Waals surface area contributed by atoms with Gasteiger partial charge in [-0.25, -0.2) is 0 Å². The van der Waals surface area contributed by atoms with Crippen LogP contribution in [-0.2, 0) is 9.59 Å².